The van der Waals surface area contributed by atoms with E-state index in [1.54, 1.807) is 0 Å². The Kier molecular flexibility index (Phi) is 2.53. The molecule has 5 heteroatoms. The number of hydrogen-bond acceptors (Lipinski definition) is 4. The Morgan fingerprint density at radius 1 is 1.59 bits per heavy atom. The van der Waals surface area contributed by atoms with Crippen molar-refractivity contribution < 1.29 is 9.53 Å². The lowest BCUT2D eigenvalue weighted by Gasteiger charge is -2.35. The van der Waals surface area contributed by atoms with Gasteiger partial charge in [0.05, 0.1) is 24.7 Å². The van der Waals surface area contributed by atoms with Gasteiger partial charge in [-0.25, -0.2) is 4.79 Å². The van der Waals surface area contributed by atoms with E-state index < -0.39 is 0 Å². The standard InChI is InChI=1S/C12H17N3O2/c1-17-12(16)10-5-4-9-11(6-13-14-9)15(10)7-8-2-3-8/h6,8,10H,2-5,7H2,1H3,(H,13,14). The highest BCUT2D eigenvalue weighted by atomic mass is 16.5. The Bertz CT molecular complexity index is 425. The van der Waals surface area contributed by atoms with Crippen LogP contribution in [0.3, 0.4) is 0 Å². The summed E-state index contributed by atoms with van der Waals surface area (Å²) in [7, 11) is 1.46. The Hall–Kier alpha value is -1.52. The molecule has 0 saturated heterocycles. The molecule has 1 aliphatic heterocycles. The van der Waals surface area contributed by atoms with Crippen LogP contribution in [0, 0.1) is 5.92 Å². The lowest BCUT2D eigenvalue weighted by atomic mass is 10.0. The van der Waals surface area contributed by atoms with Crippen LogP contribution in [-0.4, -0.2) is 35.9 Å². The summed E-state index contributed by atoms with van der Waals surface area (Å²) in [5, 5.41) is 7.10. The summed E-state index contributed by atoms with van der Waals surface area (Å²) in [5.74, 6) is 0.612. The van der Waals surface area contributed by atoms with E-state index in [9.17, 15) is 4.79 Å². The fraction of sp³-hybridized carbons (Fsp3) is 0.667. The summed E-state index contributed by atoms with van der Waals surface area (Å²) in [6.07, 6.45) is 6.06. The van der Waals surface area contributed by atoms with Crippen molar-refractivity contribution in [1.29, 1.82) is 0 Å². The molecule has 1 N–H and O–H groups in total. The van der Waals surface area contributed by atoms with Gasteiger partial charge in [-0.1, -0.05) is 0 Å². The molecule has 1 fully saturated rings. The van der Waals surface area contributed by atoms with Crippen LogP contribution in [0.5, 0.6) is 0 Å². The van der Waals surface area contributed by atoms with Gasteiger partial charge in [0, 0.05) is 6.54 Å². The SMILES string of the molecule is COC(=O)C1CCc2[nH]ncc2N1CC1CC1. The number of H-pyrrole nitrogens is 1. The highest BCUT2D eigenvalue weighted by molar-refractivity contribution is 5.81. The number of aromatic nitrogens is 2. The third-order valence-electron chi connectivity index (χ3n) is 3.67. The summed E-state index contributed by atoms with van der Waals surface area (Å²) in [5.41, 5.74) is 2.23. The lowest BCUT2D eigenvalue weighted by Crippen LogP contribution is -2.46. The van der Waals surface area contributed by atoms with Crippen molar-refractivity contribution in [2.24, 2.45) is 5.92 Å². The first-order valence-electron chi connectivity index (χ1n) is 6.16. The Balaban J connectivity index is 1.87. The van der Waals surface area contributed by atoms with E-state index >= 15 is 0 Å². The zero-order chi connectivity index (χ0) is 11.8. The third-order valence-corrected chi connectivity index (χ3v) is 3.67. The average molecular weight is 235 g/mol. The topological polar surface area (TPSA) is 58.2 Å². The summed E-state index contributed by atoms with van der Waals surface area (Å²) in [6, 6.07) is -0.134. The van der Waals surface area contributed by atoms with Crippen LogP contribution in [0.4, 0.5) is 5.69 Å². The van der Waals surface area contributed by atoms with Crippen LogP contribution < -0.4 is 4.90 Å². The van der Waals surface area contributed by atoms with E-state index in [4.69, 9.17) is 4.74 Å². The minimum absolute atomic E-state index is 0.127. The molecule has 2 heterocycles. The largest absolute Gasteiger partial charge is 0.467 e. The fourth-order valence-corrected chi connectivity index (χ4v) is 2.53. The number of rotatable bonds is 3. The van der Waals surface area contributed by atoms with Gasteiger partial charge in [-0.2, -0.15) is 5.10 Å². The van der Waals surface area contributed by atoms with Gasteiger partial charge in [0.25, 0.3) is 0 Å². The number of nitrogens with one attached hydrogen (secondary N) is 1. The van der Waals surface area contributed by atoms with Gasteiger partial charge in [-0.15, -0.1) is 0 Å². The number of aryl methyl sites for hydroxylation is 1. The molecule has 1 saturated carbocycles. The highest BCUT2D eigenvalue weighted by Gasteiger charge is 2.36. The average Bonchev–Trinajstić information content (AvgIpc) is 3.03. The first kappa shape index (κ1) is 10.6. The molecular weight excluding hydrogens is 218 g/mol. The highest BCUT2D eigenvalue weighted by Crippen LogP contribution is 2.36. The monoisotopic (exact) mass is 235 g/mol. The molecule has 1 aromatic heterocycles. The quantitative estimate of drug-likeness (QED) is 0.797. The zero-order valence-electron chi connectivity index (χ0n) is 9.98. The molecule has 1 atom stereocenters. The molecule has 0 bridgehead atoms. The second kappa shape index (κ2) is 4.05. The van der Waals surface area contributed by atoms with Crippen LogP contribution in [0.2, 0.25) is 0 Å². The van der Waals surface area contributed by atoms with Crippen LogP contribution in [0.1, 0.15) is 25.0 Å². The molecule has 1 unspecified atom stereocenters. The number of fused-ring (bicyclic) bond motifs is 1. The number of methoxy groups -OCH3 is 1. The molecule has 5 nitrogen and oxygen atoms in total. The van der Waals surface area contributed by atoms with Crippen molar-refractivity contribution in [1.82, 2.24) is 10.2 Å². The number of esters is 1. The number of aromatic amines is 1. The minimum Gasteiger partial charge on any atom is -0.467 e. The maximum absolute atomic E-state index is 11.8. The molecule has 2 aliphatic rings. The van der Waals surface area contributed by atoms with Gasteiger partial charge < -0.3 is 9.64 Å². The van der Waals surface area contributed by atoms with Gasteiger partial charge in [0.1, 0.15) is 6.04 Å². The maximum atomic E-state index is 11.8. The van der Waals surface area contributed by atoms with Crippen LogP contribution >= 0.6 is 0 Å². The van der Waals surface area contributed by atoms with Gasteiger partial charge in [0.2, 0.25) is 0 Å². The number of ether oxygens (including phenoxy) is 1. The number of hydrogen-bond donors (Lipinski definition) is 1. The van der Waals surface area contributed by atoms with Gasteiger partial charge >= 0.3 is 5.97 Å². The molecular formula is C12H17N3O2. The summed E-state index contributed by atoms with van der Waals surface area (Å²) >= 11 is 0. The van der Waals surface area contributed by atoms with Crippen molar-refractivity contribution >= 4 is 11.7 Å². The van der Waals surface area contributed by atoms with Crippen molar-refractivity contribution in [3.05, 3.63) is 11.9 Å². The number of anilines is 1. The van der Waals surface area contributed by atoms with E-state index in [1.807, 2.05) is 6.20 Å². The summed E-state index contributed by atoms with van der Waals surface area (Å²) in [4.78, 5) is 14.0. The molecule has 3 rings (SSSR count). The minimum atomic E-state index is -0.134. The second-order valence-electron chi connectivity index (χ2n) is 4.91. The third kappa shape index (κ3) is 1.90. The Morgan fingerprint density at radius 3 is 3.12 bits per heavy atom. The smallest absolute Gasteiger partial charge is 0.328 e. The van der Waals surface area contributed by atoms with Crippen LogP contribution in [-0.2, 0) is 16.0 Å². The van der Waals surface area contributed by atoms with E-state index in [1.165, 1.54) is 20.0 Å². The predicted octanol–water partition coefficient (Wildman–Crippen LogP) is 1.11. The Morgan fingerprint density at radius 2 is 2.41 bits per heavy atom. The van der Waals surface area contributed by atoms with Crippen LogP contribution in [0.15, 0.2) is 6.20 Å². The predicted molar refractivity (Wildman–Crippen MR) is 62.8 cm³/mol. The number of carbonyl (C=O) groups excluding carboxylic acids is 1. The number of carbonyl (C=O) groups is 1. The van der Waals surface area contributed by atoms with E-state index in [0.29, 0.717) is 0 Å². The lowest BCUT2D eigenvalue weighted by molar-refractivity contribution is -0.142. The van der Waals surface area contributed by atoms with Crippen molar-refractivity contribution in [3.8, 4) is 0 Å². The molecule has 0 aromatic carbocycles. The van der Waals surface area contributed by atoms with Crippen molar-refractivity contribution in [2.45, 2.75) is 31.7 Å². The van der Waals surface area contributed by atoms with E-state index in [0.717, 1.165) is 36.7 Å². The maximum Gasteiger partial charge on any atom is 0.328 e. The summed E-state index contributed by atoms with van der Waals surface area (Å²) < 4.78 is 4.90. The van der Waals surface area contributed by atoms with Gasteiger partial charge in [-0.05, 0) is 31.6 Å². The molecule has 92 valence electrons. The van der Waals surface area contributed by atoms with E-state index in [2.05, 4.69) is 15.1 Å². The molecule has 0 spiro atoms. The zero-order valence-corrected chi connectivity index (χ0v) is 9.98. The first-order chi connectivity index (χ1) is 8.29. The number of nitrogens with zero attached hydrogens (tertiary/aromatic N) is 2. The molecule has 1 aliphatic carbocycles. The molecule has 17 heavy (non-hydrogen) atoms. The van der Waals surface area contributed by atoms with Crippen molar-refractivity contribution in [3.63, 3.8) is 0 Å². The molecule has 0 radical (unpaired) electrons. The van der Waals surface area contributed by atoms with Crippen molar-refractivity contribution in [2.75, 3.05) is 18.6 Å². The Labute approximate surface area is 100 Å². The normalized spacial score (nSPS) is 23.4. The van der Waals surface area contributed by atoms with Gasteiger partial charge in [-0.3, -0.25) is 5.10 Å². The first-order valence-corrected chi connectivity index (χ1v) is 6.16. The molecule has 0 amide bonds. The summed E-state index contributed by atoms with van der Waals surface area (Å²) in [6.45, 7) is 0.951. The van der Waals surface area contributed by atoms with E-state index in [-0.39, 0.29) is 12.0 Å². The molecule has 1 aromatic rings. The fourth-order valence-electron chi connectivity index (χ4n) is 2.53. The second-order valence-corrected chi connectivity index (χ2v) is 4.91. The van der Waals surface area contributed by atoms with Gasteiger partial charge in [0.15, 0.2) is 0 Å². The van der Waals surface area contributed by atoms with Crippen LogP contribution in [0.25, 0.3) is 0 Å².